The van der Waals surface area contributed by atoms with Crippen molar-refractivity contribution in [3.05, 3.63) is 60.2 Å². The predicted octanol–water partition coefficient (Wildman–Crippen LogP) is 2.52. The molecule has 0 aromatic heterocycles. The molecule has 1 aliphatic rings. The molecule has 0 saturated carbocycles. The third kappa shape index (κ3) is 5.44. The molecular weight excluding hydrogens is 414 g/mol. The maximum absolute atomic E-state index is 12.8. The van der Waals surface area contributed by atoms with E-state index >= 15 is 0 Å². The summed E-state index contributed by atoms with van der Waals surface area (Å²) in [6, 6.07) is 16.2. The van der Waals surface area contributed by atoms with Gasteiger partial charge in [-0.15, -0.1) is 0 Å². The summed E-state index contributed by atoms with van der Waals surface area (Å²) in [7, 11) is 2.07. The van der Waals surface area contributed by atoms with Crippen LogP contribution in [-0.4, -0.2) is 64.4 Å². The van der Waals surface area contributed by atoms with Crippen LogP contribution >= 0.6 is 0 Å². The number of amides is 1. The van der Waals surface area contributed by atoms with E-state index in [0.29, 0.717) is 37.4 Å². The second-order valence-corrected chi connectivity index (χ2v) is 9.90. The monoisotopic (exact) mass is 445 g/mol. The van der Waals surface area contributed by atoms with Gasteiger partial charge in [0.25, 0.3) is 0 Å². The van der Waals surface area contributed by atoms with E-state index in [1.807, 2.05) is 43.3 Å². The summed E-state index contributed by atoms with van der Waals surface area (Å²) in [6.07, 6.45) is 1.03. The van der Waals surface area contributed by atoms with E-state index < -0.39 is 10.0 Å². The molecular formula is C23H31N3O4S. The number of methoxy groups -OCH3 is 1. The molecule has 2 aromatic rings. The van der Waals surface area contributed by atoms with E-state index in [0.717, 1.165) is 11.3 Å². The fourth-order valence-electron chi connectivity index (χ4n) is 3.95. The minimum absolute atomic E-state index is 0.0290. The van der Waals surface area contributed by atoms with Gasteiger partial charge in [-0.1, -0.05) is 36.4 Å². The molecule has 31 heavy (non-hydrogen) atoms. The molecule has 168 valence electrons. The molecule has 1 N–H and O–H groups in total. The average molecular weight is 446 g/mol. The first-order valence-corrected chi connectivity index (χ1v) is 11.9. The van der Waals surface area contributed by atoms with Crippen LogP contribution in [0, 0.1) is 5.92 Å². The molecule has 8 heteroatoms. The lowest BCUT2D eigenvalue weighted by molar-refractivity contribution is -0.126. The lowest BCUT2D eigenvalue weighted by Crippen LogP contribution is -2.44. The third-order valence-corrected chi connectivity index (χ3v) is 7.71. The number of likely N-dealkylation sites (N-methyl/N-ethyl adjacent to an activating group) is 1. The number of ether oxygens (including phenoxy) is 1. The number of rotatable bonds is 8. The number of para-hydroxylation sites is 1. The fourth-order valence-corrected chi connectivity index (χ4v) is 5.44. The first-order valence-electron chi connectivity index (χ1n) is 10.5. The highest BCUT2D eigenvalue weighted by Crippen LogP contribution is 2.28. The molecule has 0 spiro atoms. The maximum atomic E-state index is 12.8. The molecule has 1 amide bonds. The van der Waals surface area contributed by atoms with E-state index in [-0.39, 0.29) is 17.9 Å². The normalized spacial score (nSPS) is 16.8. The number of carbonyl (C=O) groups excluding carboxylic acids is 1. The minimum Gasteiger partial charge on any atom is -0.496 e. The number of hydrogen-bond donors (Lipinski definition) is 1. The number of sulfonamides is 1. The van der Waals surface area contributed by atoms with E-state index in [4.69, 9.17) is 4.74 Å². The van der Waals surface area contributed by atoms with Crippen molar-refractivity contribution in [3.63, 3.8) is 0 Å². The van der Waals surface area contributed by atoms with Crippen LogP contribution in [-0.2, 0) is 14.8 Å². The Kier molecular flexibility index (Phi) is 7.69. The fraction of sp³-hybridized carbons (Fsp3) is 0.435. The number of nitrogens with zero attached hydrogens (tertiary/aromatic N) is 2. The number of nitrogens with one attached hydrogen (secondary N) is 1. The Balaban J connectivity index is 1.58. The van der Waals surface area contributed by atoms with Gasteiger partial charge in [-0.25, -0.2) is 8.42 Å². The van der Waals surface area contributed by atoms with Crippen molar-refractivity contribution in [2.75, 3.05) is 40.8 Å². The first-order chi connectivity index (χ1) is 14.8. The van der Waals surface area contributed by atoms with Crippen LogP contribution in [0.25, 0.3) is 0 Å². The smallest absolute Gasteiger partial charge is 0.243 e. The summed E-state index contributed by atoms with van der Waals surface area (Å²) in [5.74, 6) is 0.566. The van der Waals surface area contributed by atoms with Crippen molar-refractivity contribution in [2.24, 2.45) is 5.92 Å². The number of piperidine rings is 1. The second kappa shape index (κ2) is 10.3. The standard InChI is InChI=1S/C23H31N3O4S/c1-25(2)21(20-11-7-8-12-22(20)30-3)17-24-23(27)18-13-15-26(16-14-18)31(28,29)19-9-5-4-6-10-19/h4-12,18,21H,13-17H2,1-3H3,(H,24,27). The summed E-state index contributed by atoms with van der Waals surface area (Å²) in [5.41, 5.74) is 1.01. The van der Waals surface area contributed by atoms with Gasteiger partial charge >= 0.3 is 0 Å². The average Bonchev–Trinajstić information content (AvgIpc) is 2.79. The molecule has 0 radical (unpaired) electrons. The molecule has 1 unspecified atom stereocenters. The van der Waals surface area contributed by atoms with E-state index in [1.165, 1.54) is 4.31 Å². The molecule has 0 aliphatic carbocycles. The van der Waals surface area contributed by atoms with Gasteiger partial charge < -0.3 is 15.0 Å². The minimum atomic E-state index is -3.51. The van der Waals surface area contributed by atoms with Gasteiger partial charge in [0.2, 0.25) is 15.9 Å². The van der Waals surface area contributed by atoms with Crippen LogP contribution in [0.1, 0.15) is 24.4 Å². The molecule has 1 heterocycles. The SMILES string of the molecule is COc1ccccc1C(CNC(=O)C1CCN(S(=O)(=O)c2ccccc2)CC1)N(C)C. The van der Waals surface area contributed by atoms with Gasteiger partial charge in [0.1, 0.15) is 5.75 Å². The summed E-state index contributed by atoms with van der Waals surface area (Å²) in [4.78, 5) is 15.2. The summed E-state index contributed by atoms with van der Waals surface area (Å²) in [6.45, 7) is 1.15. The lowest BCUT2D eigenvalue weighted by atomic mass is 9.97. The molecule has 1 fully saturated rings. The zero-order valence-electron chi connectivity index (χ0n) is 18.3. The van der Waals surface area contributed by atoms with Crippen molar-refractivity contribution < 1.29 is 17.9 Å². The highest BCUT2D eigenvalue weighted by atomic mass is 32.2. The highest BCUT2D eigenvalue weighted by molar-refractivity contribution is 7.89. The molecule has 1 saturated heterocycles. The summed E-state index contributed by atoms with van der Waals surface area (Å²) >= 11 is 0. The van der Waals surface area contributed by atoms with E-state index in [1.54, 1.807) is 37.4 Å². The third-order valence-electron chi connectivity index (χ3n) is 5.80. The Morgan fingerprint density at radius 3 is 2.32 bits per heavy atom. The Bertz CT molecular complexity index is 971. The van der Waals surface area contributed by atoms with Gasteiger partial charge in [-0.3, -0.25) is 4.79 Å². The van der Waals surface area contributed by atoms with E-state index in [2.05, 4.69) is 5.32 Å². The van der Waals surface area contributed by atoms with Crippen molar-refractivity contribution >= 4 is 15.9 Å². The first kappa shape index (κ1) is 23.2. The molecule has 1 aliphatic heterocycles. The lowest BCUT2D eigenvalue weighted by Gasteiger charge is -2.31. The molecule has 2 aromatic carbocycles. The number of hydrogen-bond acceptors (Lipinski definition) is 5. The predicted molar refractivity (Wildman–Crippen MR) is 120 cm³/mol. The Labute approximate surface area is 185 Å². The second-order valence-electron chi connectivity index (χ2n) is 7.96. The van der Waals surface area contributed by atoms with Gasteiger partial charge in [-0.05, 0) is 45.1 Å². The molecule has 7 nitrogen and oxygen atoms in total. The van der Waals surface area contributed by atoms with Gasteiger partial charge in [0.15, 0.2) is 0 Å². The van der Waals surface area contributed by atoms with Crippen LogP contribution in [0.3, 0.4) is 0 Å². The van der Waals surface area contributed by atoms with Crippen LogP contribution in [0.2, 0.25) is 0 Å². The quantitative estimate of drug-likeness (QED) is 0.676. The van der Waals surface area contributed by atoms with Crippen LogP contribution < -0.4 is 10.1 Å². The van der Waals surface area contributed by atoms with Gasteiger partial charge in [0, 0.05) is 31.1 Å². The van der Waals surface area contributed by atoms with Crippen LogP contribution in [0.5, 0.6) is 5.75 Å². The zero-order chi connectivity index (χ0) is 22.4. The van der Waals surface area contributed by atoms with Crippen LogP contribution in [0.4, 0.5) is 0 Å². The van der Waals surface area contributed by atoms with E-state index in [9.17, 15) is 13.2 Å². The van der Waals surface area contributed by atoms with Crippen molar-refractivity contribution in [3.8, 4) is 5.75 Å². The Morgan fingerprint density at radius 2 is 1.71 bits per heavy atom. The van der Waals surface area contributed by atoms with Crippen molar-refractivity contribution in [1.29, 1.82) is 0 Å². The highest BCUT2D eigenvalue weighted by Gasteiger charge is 2.32. The number of benzene rings is 2. The maximum Gasteiger partial charge on any atom is 0.243 e. The van der Waals surface area contributed by atoms with Crippen molar-refractivity contribution in [2.45, 2.75) is 23.8 Å². The Hall–Kier alpha value is -2.42. The molecule has 0 bridgehead atoms. The molecule has 1 atom stereocenters. The topological polar surface area (TPSA) is 79.0 Å². The zero-order valence-corrected chi connectivity index (χ0v) is 19.1. The van der Waals surface area contributed by atoms with Crippen molar-refractivity contribution in [1.82, 2.24) is 14.5 Å². The summed E-state index contributed by atoms with van der Waals surface area (Å²) < 4.78 is 32.5. The Morgan fingerprint density at radius 1 is 1.10 bits per heavy atom. The van der Waals surface area contributed by atoms with Gasteiger partial charge in [-0.2, -0.15) is 4.31 Å². The molecule has 3 rings (SSSR count). The van der Waals surface area contributed by atoms with Gasteiger partial charge in [0.05, 0.1) is 18.0 Å². The summed E-state index contributed by atoms with van der Waals surface area (Å²) in [5, 5.41) is 3.06. The largest absolute Gasteiger partial charge is 0.496 e. The van der Waals surface area contributed by atoms with Crippen LogP contribution in [0.15, 0.2) is 59.5 Å². The number of carbonyl (C=O) groups is 1.